The van der Waals surface area contributed by atoms with Gasteiger partial charge in [-0.3, -0.25) is 14.4 Å². The molecule has 0 spiro atoms. The molecule has 164 valence electrons. The van der Waals surface area contributed by atoms with Crippen molar-refractivity contribution in [3.63, 3.8) is 0 Å². The Balaban J connectivity index is 4.04. The maximum atomic E-state index is 11.9. The van der Waals surface area contributed by atoms with Crippen molar-refractivity contribution < 1.29 is 19.1 Å². The first-order valence-electron chi connectivity index (χ1n) is 10.4. The summed E-state index contributed by atoms with van der Waals surface area (Å²) in [6.45, 7) is 14.1. The molecule has 0 aliphatic carbocycles. The van der Waals surface area contributed by atoms with Crippen molar-refractivity contribution in [1.82, 2.24) is 16.0 Å². The van der Waals surface area contributed by atoms with Crippen LogP contribution in [0.1, 0.15) is 73.6 Å². The number of nitrogens with one attached hydrogen (secondary N) is 3. The molecule has 0 aromatic rings. The molecule has 3 N–H and O–H groups in total. The molecule has 0 unspecified atom stereocenters. The second kappa shape index (κ2) is 13.5. The fraction of sp³-hybridized carbons (Fsp3) is 0.857. The Hall–Kier alpha value is -1.63. The summed E-state index contributed by atoms with van der Waals surface area (Å²) in [6.07, 6.45) is 3.88. The molecule has 0 aliphatic heterocycles. The third kappa shape index (κ3) is 14.4. The molecular weight excluding hydrogens is 358 g/mol. The molecule has 0 saturated heterocycles. The van der Waals surface area contributed by atoms with Gasteiger partial charge in [0.1, 0.15) is 0 Å². The zero-order chi connectivity index (χ0) is 21.6. The van der Waals surface area contributed by atoms with E-state index in [0.717, 1.165) is 19.3 Å². The number of amides is 3. The van der Waals surface area contributed by atoms with Gasteiger partial charge in [0, 0.05) is 36.8 Å². The van der Waals surface area contributed by atoms with Gasteiger partial charge in [0.05, 0.1) is 19.8 Å². The molecule has 7 nitrogen and oxygen atoms in total. The van der Waals surface area contributed by atoms with Crippen LogP contribution in [0, 0.1) is 10.8 Å². The van der Waals surface area contributed by atoms with E-state index in [0.29, 0.717) is 39.1 Å². The van der Waals surface area contributed by atoms with E-state index in [9.17, 15) is 14.4 Å². The normalized spacial score (nSPS) is 11.8. The highest BCUT2D eigenvalue weighted by Gasteiger charge is 2.23. The minimum Gasteiger partial charge on any atom is -0.380 e. The summed E-state index contributed by atoms with van der Waals surface area (Å²) in [7, 11) is 0. The Labute approximate surface area is 170 Å². The molecule has 0 aromatic carbocycles. The lowest BCUT2D eigenvalue weighted by Crippen LogP contribution is -2.42. The zero-order valence-corrected chi connectivity index (χ0v) is 18.7. The molecule has 0 atom stereocenters. The third-order valence-electron chi connectivity index (χ3n) is 4.29. The monoisotopic (exact) mass is 399 g/mol. The molecule has 0 aromatic heterocycles. The first kappa shape index (κ1) is 26.4. The summed E-state index contributed by atoms with van der Waals surface area (Å²) in [5, 5.41) is 8.39. The smallest absolute Gasteiger partial charge is 0.239 e. The Morgan fingerprint density at radius 2 is 1.29 bits per heavy atom. The number of hydrogen-bond donors (Lipinski definition) is 3. The van der Waals surface area contributed by atoms with Gasteiger partial charge in [-0.15, -0.1) is 0 Å². The molecule has 0 fully saturated rings. The summed E-state index contributed by atoms with van der Waals surface area (Å²) >= 11 is 0. The van der Waals surface area contributed by atoms with Crippen LogP contribution in [0.3, 0.4) is 0 Å². The Morgan fingerprint density at radius 1 is 0.750 bits per heavy atom. The largest absolute Gasteiger partial charge is 0.380 e. The first-order chi connectivity index (χ1) is 13.0. The van der Waals surface area contributed by atoms with Gasteiger partial charge < -0.3 is 20.7 Å². The fourth-order valence-corrected chi connectivity index (χ4v) is 2.37. The van der Waals surface area contributed by atoms with Gasteiger partial charge in [-0.1, -0.05) is 54.4 Å². The van der Waals surface area contributed by atoms with Gasteiger partial charge in [-0.2, -0.15) is 0 Å². The second-order valence-corrected chi connectivity index (χ2v) is 8.96. The molecule has 0 rings (SSSR count). The van der Waals surface area contributed by atoms with Crippen LogP contribution in [0.4, 0.5) is 0 Å². The number of carbonyl (C=O) groups is 3. The molecule has 0 bridgehead atoms. The van der Waals surface area contributed by atoms with Gasteiger partial charge in [0.25, 0.3) is 0 Å². The predicted octanol–water partition coefficient (Wildman–Crippen LogP) is 2.39. The van der Waals surface area contributed by atoms with Crippen molar-refractivity contribution in [3.05, 3.63) is 0 Å². The van der Waals surface area contributed by atoms with E-state index in [1.165, 1.54) is 0 Å². The maximum Gasteiger partial charge on any atom is 0.239 e. The lowest BCUT2D eigenvalue weighted by atomic mass is 9.93. The second-order valence-electron chi connectivity index (χ2n) is 8.96. The predicted molar refractivity (Wildman–Crippen MR) is 112 cm³/mol. The molecule has 28 heavy (non-hydrogen) atoms. The Morgan fingerprint density at radius 3 is 1.79 bits per heavy atom. The summed E-state index contributed by atoms with van der Waals surface area (Å²) in [6, 6.07) is 0. The van der Waals surface area contributed by atoms with E-state index in [1.807, 2.05) is 34.6 Å². The highest BCUT2D eigenvalue weighted by atomic mass is 16.5. The zero-order valence-electron chi connectivity index (χ0n) is 18.7. The SMILES string of the molecule is CCCCCC(=O)NCC(=O)NCC(C)(C)COCC(C)(C)CNC(=O)CC. The van der Waals surface area contributed by atoms with Crippen LogP contribution in [0.5, 0.6) is 0 Å². The van der Waals surface area contributed by atoms with Crippen molar-refractivity contribution in [1.29, 1.82) is 0 Å². The Kier molecular flexibility index (Phi) is 12.7. The van der Waals surface area contributed by atoms with Gasteiger partial charge in [0.2, 0.25) is 17.7 Å². The van der Waals surface area contributed by atoms with E-state index in [2.05, 4.69) is 22.9 Å². The molecule has 0 aliphatic rings. The van der Waals surface area contributed by atoms with Gasteiger partial charge >= 0.3 is 0 Å². The minimum atomic E-state index is -0.233. The molecule has 0 saturated carbocycles. The van der Waals surface area contributed by atoms with Crippen LogP contribution < -0.4 is 16.0 Å². The van der Waals surface area contributed by atoms with Crippen molar-refractivity contribution in [3.8, 4) is 0 Å². The van der Waals surface area contributed by atoms with E-state index < -0.39 is 0 Å². The molecule has 0 radical (unpaired) electrons. The average Bonchev–Trinajstić information content (AvgIpc) is 2.62. The minimum absolute atomic E-state index is 0.00601. The fourth-order valence-electron chi connectivity index (χ4n) is 2.37. The lowest BCUT2D eigenvalue weighted by molar-refractivity contribution is -0.126. The molecular formula is C21H41N3O4. The highest BCUT2D eigenvalue weighted by Crippen LogP contribution is 2.18. The summed E-state index contributed by atoms with van der Waals surface area (Å²) in [4.78, 5) is 34.9. The Bertz CT molecular complexity index is 490. The number of hydrogen-bond acceptors (Lipinski definition) is 4. The van der Waals surface area contributed by atoms with Crippen LogP contribution in [0.2, 0.25) is 0 Å². The van der Waals surface area contributed by atoms with Crippen LogP contribution in [-0.4, -0.2) is 50.6 Å². The van der Waals surface area contributed by atoms with Crippen LogP contribution in [-0.2, 0) is 19.1 Å². The third-order valence-corrected chi connectivity index (χ3v) is 4.29. The van der Waals surface area contributed by atoms with Crippen LogP contribution >= 0.6 is 0 Å². The molecule has 7 heteroatoms. The molecule has 3 amide bonds. The van der Waals surface area contributed by atoms with E-state index >= 15 is 0 Å². The van der Waals surface area contributed by atoms with Gasteiger partial charge in [-0.05, 0) is 6.42 Å². The topological polar surface area (TPSA) is 96.5 Å². The number of ether oxygens (including phenoxy) is 1. The standard InChI is InChI=1S/C21H41N3O4/c1-7-9-10-11-18(26)22-12-19(27)24-14-21(5,6)16-28-15-20(3,4)13-23-17(25)8-2/h7-16H2,1-6H3,(H,22,26)(H,23,25)(H,24,27). The number of carbonyl (C=O) groups excluding carboxylic acids is 3. The van der Waals surface area contributed by atoms with E-state index in [1.54, 1.807) is 0 Å². The summed E-state index contributed by atoms with van der Waals surface area (Å²) in [5.74, 6) is -0.239. The first-order valence-corrected chi connectivity index (χ1v) is 10.4. The van der Waals surface area contributed by atoms with E-state index in [4.69, 9.17) is 4.74 Å². The van der Waals surface area contributed by atoms with E-state index in [-0.39, 0.29) is 35.1 Å². The summed E-state index contributed by atoms with van der Waals surface area (Å²) in [5.41, 5.74) is -0.393. The number of unbranched alkanes of at least 4 members (excludes halogenated alkanes) is 2. The van der Waals surface area contributed by atoms with Crippen molar-refractivity contribution in [2.75, 3.05) is 32.8 Å². The van der Waals surface area contributed by atoms with Crippen LogP contribution in [0.15, 0.2) is 0 Å². The van der Waals surface area contributed by atoms with Crippen LogP contribution in [0.25, 0.3) is 0 Å². The lowest BCUT2D eigenvalue weighted by Gasteiger charge is -2.29. The maximum absolute atomic E-state index is 11.9. The van der Waals surface area contributed by atoms with Crippen molar-refractivity contribution in [2.24, 2.45) is 10.8 Å². The molecule has 0 heterocycles. The van der Waals surface area contributed by atoms with Crippen molar-refractivity contribution >= 4 is 17.7 Å². The van der Waals surface area contributed by atoms with Gasteiger partial charge in [0.15, 0.2) is 0 Å². The highest BCUT2D eigenvalue weighted by molar-refractivity contribution is 5.84. The van der Waals surface area contributed by atoms with Gasteiger partial charge in [-0.25, -0.2) is 0 Å². The van der Waals surface area contributed by atoms with Crippen molar-refractivity contribution in [2.45, 2.75) is 73.6 Å². The summed E-state index contributed by atoms with van der Waals surface area (Å²) < 4.78 is 5.84. The average molecular weight is 400 g/mol. The number of rotatable bonds is 15. The quantitative estimate of drug-likeness (QED) is 0.368.